The zero-order chi connectivity index (χ0) is 11.5. The zero-order valence-electron chi connectivity index (χ0n) is 9.23. The number of aryl methyl sites for hydroxylation is 2. The summed E-state index contributed by atoms with van der Waals surface area (Å²) in [5, 5.41) is 3.92. The Kier molecular flexibility index (Phi) is 3.14. The van der Waals surface area contributed by atoms with E-state index in [2.05, 4.69) is 10.1 Å². The molecular formula is C11H13N3OS. The molecule has 0 aliphatic rings. The molecule has 0 fully saturated rings. The van der Waals surface area contributed by atoms with Crippen LogP contribution in [0.1, 0.15) is 17.0 Å². The molecule has 0 saturated carbocycles. The molecule has 0 aliphatic heterocycles. The van der Waals surface area contributed by atoms with Crippen molar-refractivity contribution in [2.24, 2.45) is 0 Å². The number of hydrogen-bond donors (Lipinski definition) is 1. The highest BCUT2D eigenvalue weighted by Gasteiger charge is 2.08. The molecule has 5 heteroatoms. The van der Waals surface area contributed by atoms with E-state index in [1.165, 1.54) is 0 Å². The van der Waals surface area contributed by atoms with Gasteiger partial charge in [-0.25, -0.2) is 4.98 Å². The number of rotatable bonds is 3. The molecule has 0 unspecified atom stereocenters. The highest BCUT2D eigenvalue weighted by molar-refractivity contribution is 7.98. The minimum Gasteiger partial charge on any atom is -0.384 e. The number of nitrogens with two attached hydrogens (primary N) is 1. The Bertz CT molecular complexity index is 459. The van der Waals surface area contributed by atoms with Gasteiger partial charge >= 0.3 is 0 Å². The van der Waals surface area contributed by atoms with Crippen molar-refractivity contribution in [3.63, 3.8) is 0 Å². The van der Waals surface area contributed by atoms with Crippen LogP contribution < -0.4 is 5.73 Å². The van der Waals surface area contributed by atoms with E-state index < -0.39 is 0 Å². The number of hydrogen-bond acceptors (Lipinski definition) is 5. The first-order valence-corrected chi connectivity index (χ1v) is 5.91. The number of nitrogen functional groups attached to an aromatic ring is 1. The summed E-state index contributed by atoms with van der Waals surface area (Å²) in [6.07, 6.45) is 1.78. The molecule has 0 radical (unpaired) electrons. The van der Waals surface area contributed by atoms with Gasteiger partial charge in [-0.05, 0) is 26.0 Å². The number of anilines is 1. The summed E-state index contributed by atoms with van der Waals surface area (Å²) in [5.74, 6) is 2.27. The monoisotopic (exact) mass is 235 g/mol. The van der Waals surface area contributed by atoms with Gasteiger partial charge in [-0.1, -0.05) is 5.16 Å². The quantitative estimate of drug-likeness (QED) is 0.828. The predicted molar refractivity (Wildman–Crippen MR) is 64.2 cm³/mol. The third-order valence-electron chi connectivity index (χ3n) is 2.32. The largest absolute Gasteiger partial charge is 0.384 e. The number of aromatic nitrogens is 2. The van der Waals surface area contributed by atoms with Crippen molar-refractivity contribution in [2.45, 2.75) is 24.5 Å². The molecule has 16 heavy (non-hydrogen) atoms. The maximum absolute atomic E-state index is 5.52. The third kappa shape index (κ3) is 2.36. The number of pyridine rings is 1. The van der Waals surface area contributed by atoms with Gasteiger partial charge in [0.25, 0.3) is 0 Å². The molecule has 0 saturated heterocycles. The van der Waals surface area contributed by atoms with Crippen LogP contribution >= 0.6 is 11.8 Å². The molecule has 2 N–H and O–H groups in total. The molecule has 0 spiro atoms. The van der Waals surface area contributed by atoms with E-state index in [9.17, 15) is 0 Å². The second kappa shape index (κ2) is 4.57. The molecule has 0 bridgehead atoms. The lowest BCUT2D eigenvalue weighted by Crippen LogP contribution is -1.89. The number of thioether (sulfide) groups is 1. The van der Waals surface area contributed by atoms with Crippen molar-refractivity contribution in [3.8, 4) is 0 Å². The summed E-state index contributed by atoms with van der Waals surface area (Å²) in [7, 11) is 0. The van der Waals surface area contributed by atoms with Crippen LogP contribution in [0, 0.1) is 13.8 Å². The lowest BCUT2D eigenvalue weighted by Gasteiger charge is -2.01. The zero-order valence-corrected chi connectivity index (χ0v) is 10.0. The molecule has 0 amide bonds. The van der Waals surface area contributed by atoms with Crippen molar-refractivity contribution in [2.75, 3.05) is 5.73 Å². The number of nitrogens with zero attached hydrogens (tertiary/aromatic N) is 2. The Labute approximate surface area is 98.2 Å². The van der Waals surface area contributed by atoms with Gasteiger partial charge in [-0.15, -0.1) is 11.8 Å². The van der Waals surface area contributed by atoms with E-state index in [4.69, 9.17) is 10.3 Å². The summed E-state index contributed by atoms with van der Waals surface area (Å²) in [4.78, 5) is 5.13. The molecule has 2 heterocycles. The summed E-state index contributed by atoms with van der Waals surface area (Å²) in [6.45, 7) is 3.88. The van der Waals surface area contributed by atoms with Crippen molar-refractivity contribution in [3.05, 3.63) is 35.3 Å². The smallest absolute Gasteiger partial charge is 0.137 e. The second-order valence-corrected chi connectivity index (χ2v) is 4.56. The molecule has 2 aromatic heterocycles. The molecule has 0 atom stereocenters. The fraction of sp³-hybridized carbons (Fsp3) is 0.273. The predicted octanol–water partition coefficient (Wildman–Crippen LogP) is 2.56. The fourth-order valence-corrected chi connectivity index (χ4v) is 2.36. The summed E-state index contributed by atoms with van der Waals surface area (Å²) in [6, 6.07) is 3.76. The Morgan fingerprint density at radius 3 is 2.75 bits per heavy atom. The van der Waals surface area contributed by atoms with Crippen molar-refractivity contribution in [1.29, 1.82) is 0 Å². The van der Waals surface area contributed by atoms with Crippen molar-refractivity contribution < 1.29 is 4.52 Å². The van der Waals surface area contributed by atoms with Crippen LogP contribution in [0.2, 0.25) is 0 Å². The van der Waals surface area contributed by atoms with Crippen LogP contribution in [0.4, 0.5) is 5.82 Å². The van der Waals surface area contributed by atoms with Crippen LogP contribution in [0.5, 0.6) is 0 Å². The Morgan fingerprint density at radius 2 is 2.19 bits per heavy atom. The fourth-order valence-electron chi connectivity index (χ4n) is 1.34. The standard InChI is InChI=1S/C11H13N3OS/c1-7-10(8(2)15-14-7)6-16-9-3-4-11(12)13-5-9/h3-5H,6H2,1-2H3,(H2,12,13). The van der Waals surface area contributed by atoms with Crippen LogP contribution in [-0.2, 0) is 5.75 Å². The maximum atomic E-state index is 5.52. The molecule has 84 valence electrons. The van der Waals surface area contributed by atoms with Crippen LogP contribution in [-0.4, -0.2) is 10.1 Å². The van der Waals surface area contributed by atoms with Gasteiger partial charge in [0.15, 0.2) is 0 Å². The topological polar surface area (TPSA) is 64.9 Å². The highest BCUT2D eigenvalue weighted by atomic mass is 32.2. The average molecular weight is 235 g/mol. The van der Waals surface area contributed by atoms with E-state index in [1.807, 2.05) is 19.9 Å². The highest BCUT2D eigenvalue weighted by Crippen LogP contribution is 2.25. The van der Waals surface area contributed by atoms with Gasteiger partial charge in [-0.3, -0.25) is 0 Å². The van der Waals surface area contributed by atoms with Crippen molar-refractivity contribution in [1.82, 2.24) is 10.1 Å². The minimum atomic E-state index is 0.543. The van der Waals surface area contributed by atoms with E-state index in [1.54, 1.807) is 24.0 Å². The Morgan fingerprint density at radius 1 is 1.38 bits per heavy atom. The first-order chi connectivity index (χ1) is 7.66. The summed E-state index contributed by atoms with van der Waals surface area (Å²) < 4.78 is 5.10. The minimum absolute atomic E-state index is 0.543. The van der Waals surface area contributed by atoms with Crippen LogP contribution in [0.25, 0.3) is 0 Å². The molecular weight excluding hydrogens is 222 g/mol. The first-order valence-electron chi connectivity index (χ1n) is 4.93. The lowest BCUT2D eigenvalue weighted by atomic mass is 10.2. The average Bonchev–Trinajstić information content (AvgIpc) is 2.59. The Balaban J connectivity index is 2.05. The van der Waals surface area contributed by atoms with Gasteiger partial charge in [0.05, 0.1) is 5.69 Å². The maximum Gasteiger partial charge on any atom is 0.137 e. The normalized spacial score (nSPS) is 10.6. The van der Waals surface area contributed by atoms with E-state index in [-0.39, 0.29) is 0 Å². The van der Waals surface area contributed by atoms with Crippen LogP contribution in [0.3, 0.4) is 0 Å². The molecule has 2 aromatic rings. The second-order valence-electron chi connectivity index (χ2n) is 3.51. The third-order valence-corrected chi connectivity index (χ3v) is 3.33. The van der Waals surface area contributed by atoms with Gasteiger partial charge in [0, 0.05) is 22.4 Å². The lowest BCUT2D eigenvalue weighted by molar-refractivity contribution is 0.392. The van der Waals surface area contributed by atoms with Gasteiger partial charge < -0.3 is 10.3 Å². The van der Waals surface area contributed by atoms with Gasteiger partial charge in [0.2, 0.25) is 0 Å². The molecule has 0 aromatic carbocycles. The molecule has 4 nitrogen and oxygen atoms in total. The Hall–Kier alpha value is -1.49. The van der Waals surface area contributed by atoms with Crippen molar-refractivity contribution >= 4 is 17.6 Å². The molecule has 0 aliphatic carbocycles. The van der Waals surface area contributed by atoms with Gasteiger partial charge in [-0.2, -0.15) is 0 Å². The van der Waals surface area contributed by atoms with Gasteiger partial charge in [0.1, 0.15) is 11.6 Å². The van der Waals surface area contributed by atoms with E-state index >= 15 is 0 Å². The first kappa shape index (κ1) is 11.0. The molecule has 2 rings (SSSR count). The van der Waals surface area contributed by atoms with E-state index in [0.717, 1.165) is 27.7 Å². The SMILES string of the molecule is Cc1noc(C)c1CSc1ccc(N)nc1. The summed E-state index contributed by atoms with van der Waals surface area (Å²) >= 11 is 1.70. The summed E-state index contributed by atoms with van der Waals surface area (Å²) in [5.41, 5.74) is 7.63. The van der Waals surface area contributed by atoms with E-state index in [0.29, 0.717) is 5.82 Å². The van der Waals surface area contributed by atoms with Crippen LogP contribution in [0.15, 0.2) is 27.7 Å².